The van der Waals surface area contributed by atoms with E-state index in [4.69, 9.17) is 9.47 Å². The number of esters is 1. The maximum Gasteiger partial charge on any atom is 0.341 e. The number of anilines is 2. The van der Waals surface area contributed by atoms with E-state index in [-0.39, 0.29) is 5.97 Å². The van der Waals surface area contributed by atoms with Crippen LogP contribution in [0.1, 0.15) is 42.6 Å². The summed E-state index contributed by atoms with van der Waals surface area (Å²) in [5.41, 5.74) is 3.90. The molecule has 146 valence electrons. The lowest BCUT2D eigenvalue weighted by atomic mass is 10.1. The Hall–Kier alpha value is -3.08. The monoisotopic (exact) mass is 378 g/mol. The molecule has 0 fully saturated rings. The molecule has 3 rings (SSSR count). The van der Waals surface area contributed by atoms with Gasteiger partial charge in [-0.05, 0) is 56.7 Å². The van der Waals surface area contributed by atoms with Gasteiger partial charge in [-0.25, -0.2) is 4.79 Å². The predicted octanol–water partition coefficient (Wildman–Crippen LogP) is 5.64. The summed E-state index contributed by atoms with van der Waals surface area (Å²) in [4.78, 5) is 16.9. The van der Waals surface area contributed by atoms with Crippen molar-refractivity contribution in [2.45, 2.75) is 33.6 Å². The zero-order chi connectivity index (χ0) is 19.9. The Morgan fingerprint density at radius 1 is 1.11 bits per heavy atom. The summed E-state index contributed by atoms with van der Waals surface area (Å²) in [5, 5.41) is 4.26. The number of nitrogens with one attached hydrogen (secondary N) is 1. The first-order valence-electron chi connectivity index (χ1n) is 9.68. The summed E-state index contributed by atoms with van der Waals surface area (Å²) in [6, 6.07) is 13.7. The molecular formula is C23H26N2O3. The van der Waals surface area contributed by atoms with Crippen molar-refractivity contribution in [3.05, 3.63) is 59.8 Å². The number of hydrogen-bond donors (Lipinski definition) is 1. The molecule has 3 aromatic rings. The lowest BCUT2D eigenvalue weighted by Gasteiger charge is -2.15. The van der Waals surface area contributed by atoms with Crippen LogP contribution in [0.5, 0.6) is 5.75 Å². The third kappa shape index (κ3) is 4.60. The van der Waals surface area contributed by atoms with E-state index in [1.54, 1.807) is 13.1 Å². The average molecular weight is 378 g/mol. The largest absolute Gasteiger partial charge is 0.494 e. The molecule has 0 spiro atoms. The third-order valence-corrected chi connectivity index (χ3v) is 4.41. The number of pyridine rings is 1. The number of hydrogen-bond acceptors (Lipinski definition) is 5. The number of fused-ring (bicyclic) bond motifs is 1. The van der Waals surface area contributed by atoms with Crippen LogP contribution in [0.3, 0.4) is 0 Å². The van der Waals surface area contributed by atoms with Crippen molar-refractivity contribution in [2.24, 2.45) is 0 Å². The van der Waals surface area contributed by atoms with Gasteiger partial charge < -0.3 is 14.8 Å². The van der Waals surface area contributed by atoms with E-state index < -0.39 is 0 Å². The number of benzene rings is 2. The van der Waals surface area contributed by atoms with Crippen molar-refractivity contribution in [3.8, 4) is 5.75 Å². The van der Waals surface area contributed by atoms with Crippen LogP contribution in [0, 0.1) is 6.92 Å². The molecule has 0 radical (unpaired) electrons. The molecule has 0 atom stereocenters. The van der Waals surface area contributed by atoms with Crippen LogP contribution in [0.2, 0.25) is 0 Å². The fraction of sp³-hybridized carbons (Fsp3) is 0.304. The minimum Gasteiger partial charge on any atom is -0.494 e. The third-order valence-electron chi connectivity index (χ3n) is 4.41. The molecule has 0 saturated heterocycles. The Kier molecular flexibility index (Phi) is 6.48. The maximum atomic E-state index is 12.5. The predicted molar refractivity (Wildman–Crippen MR) is 113 cm³/mol. The fourth-order valence-electron chi connectivity index (χ4n) is 2.92. The highest BCUT2D eigenvalue weighted by atomic mass is 16.5. The van der Waals surface area contributed by atoms with Gasteiger partial charge in [0.1, 0.15) is 11.3 Å². The summed E-state index contributed by atoms with van der Waals surface area (Å²) in [6.45, 7) is 6.97. The van der Waals surface area contributed by atoms with E-state index >= 15 is 0 Å². The molecule has 5 heteroatoms. The lowest BCUT2D eigenvalue weighted by molar-refractivity contribution is 0.0527. The van der Waals surface area contributed by atoms with Crippen molar-refractivity contribution in [2.75, 3.05) is 18.5 Å². The van der Waals surface area contributed by atoms with E-state index in [9.17, 15) is 4.79 Å². The summed E-state index contributed by atoms with van der Waals surface area (Å²) >= 11 is 0. The summed E-state index contributed by atoms with van der Waals surface area (Å²) in [6.07, 6.45) is 3.70. The van der Waals surface area contributed by atoms with Gasteiger partial charge in [-0.3, -0.25) is 4.98 Å². The maximum absolute atomic E-state index is 12.5. The Morgan fingerprint density at radius 3 is 2.61 bits per heavy atom. The number of unbranched alkanes of at least 4 members (excludes halogenated alkanes) is 1. The molecule has 1 aromatic heterocycles. The zero-order valence-corrected chi connectivity index (χ0v) is 16.6. The Morgan fingerprint density at radius 2 is 1.89 bits per heavy atom. The quantitative estimate of drug-likeness (QED) is 0.406. The van der Waals surface area contributed by atoms with Crippen molar-refractivity contribution in [1.82, 2.24) is 4.98 Å². The van der Waals surface area contributed by atoms with Crippen LogP contribution in [0.4, 0.5) is 11.4 Å². The van der Waals surface area contributed by atoms with Gasteiger partial charge in [0.05, 0.1) is 24.4 Å². The van der Waals surface area contributed by atoms with Gasteiger partial charge >= 0.3 is 5.97 Å². The minimum atomic E-state index is -0.388. The molecule has 0 unspecified atom stereocenters. The van der Waals surface area contributed by atoms with Crippen molar-refractivity contribution in [1.29, 1.82) is 0 Å². The van der Waals surface area contributed by atoms with E-state index in [0.29, 0.717) is 24.5 Å². The molecule has 0 saturated carbocycles. The molecule has 0 amide bonds. The molecular weight excluding hydrogens is 352 g/mol. The Labute approximate surface area is 165 Å². The second-order valence-corrected chi connectivity index (χ2v) is 6.64. The first-order chi connectivity index (χ1) is 13.6. The SMILES string of the molecule is CCCCOc1ccc(Nc2c(C(=O)OCC)cnc3ccc(C)cc23)cc1. The van der Waals surface area contributed by atoms with Crippen LogP contribution < -0.4 is 10.1 Å². The molecule has 1 N–H and O–H groups in total. The van der Waals surface area contributed by atoms with Gasteiger partial charge in [0.15, 0.2) is 0 Å². The molecule has 0 aliphatic rings. The summed E-state index contributed by atoms with van der Waals surface area (Å²) in [7, 11) is 0. The lowest BCUT2D eigenvalue weighted by Crippen LogP contribution is -2.09. The van der Waals surface area contributed by atoms with E-state index in [1.165, 1.54) is 0 Å². The molecule has 1 heterocycles. The second-order valence-electron chi connectivity index (χ2n) is 6.64. The highest BCUT2D eigenvalue weighted by molar-refractivity contribution is 6.06. The Balaban J connectivity index is 1.94. The number of rotatable bonds is 8. The van der Waals surface area contributed by atoms with Gasteiger partial charge in [-0.15, -0.1) is 0 Å². The number of aryl methyl sites for hydroxylation is 1. The highest BCUT2D eigenvalue weighted by Gasteiger charge is 2.17. The highest BCUT2D eigenvalue weighted by Crippen LogP contribution is 2.31. The molecule has 0 bridgehead atoms. The Bertz CT molecular complexity index is 952. The number of nitrogens with zero attached hydrogens (tertiary/aromatic N) is 1. The smallest absolute Gasteiger partial charge is 0.341 e. The van der Waals surface area contributed by atoms with Gasteiger partial charge in [0, 0.05) is 17.3 Å². The minimum absolute atomic E-state index is 0.313. The average Bonchev–Trinajstić information content (AvgIpc) is 2.70. The van der Waals surface area contributed by atoms with Crippen LogP contribution in [-0.2, 0) is 4.74 Å². The van der Waals surface area contributed by atoms with Gasteiger partial charge in [-0.1, -0.05) is 25.0 Å². The first kappa shape index (κ1) is 19.7. The van der Waals surface area contributed by atoms with Gasteiger partial charge in [0.2, 0.25) is 0 Å². The van der Waals surface area contributed by atoms with Crippen molar-refractivity contribution in [3.63, 3.8) is 0 Å². The molecule has 28 heavy (non-hydrogen) atoms. The first-order valence-corrected chi connectivity index (χ1v) is 9.68. The van der Waals surface area contributed by atoms with E-state index in [0.717, 1.165) is 40.7 Å². The number of ether oxygens (including phenoxy) is 2. The van der Waals surface area contributed by atoms with Gasteiger partial charge in [-0.2, -0.15) is 0 Å². The number of aromatic nitrogens is 1. The normalized spacial score (nSPS) is 10.7. The van der Waals surface area contributed by atoms with Crippen LogP contribution in [-0.4, -0.2) is 24.2 Å². The standard InChI is InChI=1S/C23H26N2O3/c1-4-6-13-28-18-10-8-17(9-11-18)25-22-19-14-16(3)7-12-21(19)24-15-20(22)23(26)27-5-2/h7-12,14-15H,4-6,13H2,1-3H3,(H,24,25). The summed E-state index contributed by atoms with van der Waals surface area (Å²) < 4.78 is 10.9. The second kappa shape index (κ2) is 9.22. The van der Waals surface area contributed by atoms with Gasteiger partial charge in [0.25, 0.3) is 0 Å². The fourth-order valence-corrected chi connectivity index (χ4v) is 2.92. The molecule has 0 aliphatic heterocycles. The van der Waals surface area contributed by atoms with Crippen molar-refractivity contribution < 1.29 is 14.3 Å². The topological polar surface area (TPSA) is 60.5 Å². The number of carbonyl (C=O) groups excluding carboxylic acids is 1. The van der Waals surface area contributed by atoms with Crippen LogP contribution in [0.25, 0.3) is 10.9 Å². The molecule has 5 nitrogen and oxygen atoms in total. The molecule has 0 aliphatic carbocycles. The summed E-state index contributed by atoms with van der Waals surface area (Å²) in [5.74, 6) is 0.445. The van der Waals surface area contributed by atoms with E-state index in [2.05, 4.69) is 17.2 Å². The van der Waals surface area contributed by atoms with Crippen LogP contribution >= 0.6 is 0 Å². The molecule has 2 aromatic carbocycles. The van der Waals surface area contributed by atoms with Crippen molar-refractivity contribution >= 4 is 28.2 Å². The van der Waals surface area contributed by atoms with Crippen LogP contribution in [0.15, 0.2) is 48.7 Å². The van der Waals surface area contributed by atoms with E-state index in [1.807, 2.05) is 49.4 Å². The zero-order valence-electron chi connectivity index (χ0n) is 16.6. The number of carbonyl (C=O) groups is 1.